The first kappa shape index (κ1) is 22.0. The van der Waals surface area contributed by atoms with Crippen molar-refractivity contribution in [3.63, 3.8) is 0 Å². The van der Waals surface area contributed by atoms with Crippen LogP contribution in [0.2, 0.25) is 0 Å². The Balaban J connectivity index is 0.00000218. The Morgan fingerprint density at radius 2 is 1.57 bits per heavy atom. The van der Waals surface area contributed by atoms with Gasteiger partial charge in [0.05, 0.1) is 6.10 Å². The summed E-state index contributed by atoms with van der Waals surface area (Å²) in [7, 11) is 0. The van der Waals surface area contributed by atoms with Crippen molar-refractivity contribution in [1.82, 2.24) is 9.80 Å². The number of hydrogen-bond donors (Lipinski definition) is 1. The lowest BCUT2D eigenvalue weighted by atomic mass is 9.76. The number of fused-ring (bicyclic) bond motifs is 3. The summed E-state index contributed by atoms with van der Waals surface area (Å²) in [4.78, 5) is 29.1. The van der Waals surface area contributed by atoms with E-state index in [0.717, 1.165) is 63.7 Å². The number of hydrogen-bond acceptors (Lipinski definition) is 4. The molecule has 3 fully saturated rings. The average molecular weight is 477 g/mol. The molecule has 0 radical (unpaired) electrons. The molecule has 6 heteroatoms. The first-order valence-electron chi connectivity index (χ1n) is 11.4. The van der Waals surface area contributed by atoms with Crippen molar-refractivity contribution < 1.29 is 14.7 Å². The van der Waals surface area contributed by atoms with Gasteiger partial charge in [0.25, 0.3) is 0 Å². The van der Waals surface area contributed by atoms with Gasteiger partial charge in [0, 0.05) is 44.3 Å². The molecule has 1 saturated carbocycles. The van der Waals surface area contributed by atoms with E-state index in [1.165, 1.54) is 10.5 Å². The summed E-state index contributed by atoms with van der Waals surface area (Å²) >= 11 is 0. The van der Waals surface area contributed by atoms with E-state index < -0.39 is 0 Å². The molecule has 1 N–H and O–H groups in total. The SMILES string of the molecule is Br.O=C1CC2(CCCC2)CC(=O)N1CCCCN1CC2c3ccccc3C(O)C2C1. The van der Waals surface area contributed by atoms with Crippen LogP contribution in [-0.4, -0.2) is 52.9 Å². The lowest BCUT2D eigenvalue weighted by Crippen LogP contribution is -2.47. The maximum Gasteiger partial charge on any atom is 0.229 e. The largest absolute Gasteiger partial charge is 0.388 e. The van der Waals surface area contributed by atoms with Crippen molar-refractivity contribution in [2.75, 3.05) is 26.2 Å². The topological polar surface area (TPSA) is 60.9 Å². The van der Waals surface area contributed by atoms with Gasteiger partial charge < -0.3 is 10.0 Å². The number of rotatable bonds is 5. The molecule has 30 heavy (non-hydrogen) atoms. The number of benzene rings is 1. The van der Waals surface area contributed by atoms with E-state index in [1.807, 2.05) is 6.07 Å². The maximum atomic E-state index is 12.6. The van der Waals surface area contributed by atoms with Crippen LogP contribution in [0.3, 0.4) is 0 Å². The predicted octanol–water partition coefficient (Wildman–Crippen LogP) is 3.82. The second-order valence-corrected chi connectivity index (χ2v) is 9.81. The maximum absolute atomic E-state index is 12.6. The van der Waals surface area contributed by atoms with E-state index in [4.69, 9.17) is 0 Å². The molecule has 2 heterocycles. The van der Waals surface area contributed by atoms with Crippen molar-refractivity contribution in [3.05, 3.63) is 35.4 Å². The quantitative estimate of drug-likeness (QED) is 0.518. The van der Waals surface area contributed by atoms with Gasteiger partial charge >= 0.3 is 0 Å². The van der Waals surface area contributed by atoms with Crippen LogP contribution in [-0.2, 0) is 9.59 Å². The van der Waals surface area contributed by atoms with Crippen molar-refractivity contribution in [3.8, 4) is 0 Å². The Morgan fingerprint density at radius 3 is 2.27 bits per heavy atom. The van der Waals surface area contributed by atoms with Crippen molar-refractivity contribution in [2.24, 2.45) is 11.3 Å². The average Bonchev–Trinajstić information content (AvgIpc) is 3.38. The fourth-order valence-electron chi connectivity index (χ4n) is 6.46. The minimum atomic E-state index is -0.340. The molecule has 5 nitrogen and oxygen atoms in total. The molecule has 0 bridgehead atoms. The number of imide groups is 1. The van der Waals surface area contributed by atoms with Crippen molar-refractivity contribution in [2.45, 2.75) is 63.4 Å². The summed E-state index contributed by atoms with van der Waals surface area (Å²) in [6, 6.07) is 8.31. The van der Waals surface area contributed by atoms with Crippen LogP contribution >= 0.6 is 17.0 Å². The van der Waals surface area contributed by atoms with Crippen LogP contribution in [0.1, 0.15) is 74.5 Å². The lowest BCUT2D eigenvalue weighted by molar-refractivity contribution is -0.153. The summed E-state index contributed by atoms with van der Waals surface area (Å²) in [6.45, 7) is 3.48. The van der Waals surface area contributed by atoms with Crippen molar-refractivity contribution in [1.29, 1.82) is 0 Å². The van der Waals surface area contributed by atoms with Crippen molar-refractivity contribution >= 4 is 28.8 Å². The molecule has 2 aliphatic carbocycles. The van der Waals surface area contributed by atoms with E-state index in [-0.39, 0.29) is 40.3 Å². The summed E-state index contributed by atoms with van der Waals surface area (Å²) < 4.78 is 0. The highest BCUT2D eigenvalue weighted by molar-refractivity contribution is 8.93. The number of aliphatic hydroxyl groups is 1. The molecular weight excluding hydrogens is 444 g/mol. The molecule has 1 spiro atoms. The summed E-state index contributed by atoms with van der Waals surface area (Å²) in [5.41, 5.74) is 2.43. The molecule has 1 aromatic carbocycles. The molecular formula is C24H33BrN2O3. The highest BCUT2D eigenvalue weighted by Gasteiger charge is 2.46. The molecule has 3 unspecified atom stereocenters. The number of likely N-dealkylation sites (tertiary alicyclic amines) is 2. The zero-order valence-electron chi connectivity index (χ0n) is 17.6. The number of carbonyl (C=O) groups excluding carboxylic acids is 2. The normalized spacial score (nSPS) is 29.9. The number of nitrogens with zero attached hydrogens (tertiary/aromatic N) is 2. The van der Waals surface area contributed by atoms with Gasteiger partial charge in [-0.3, -0.25) is 14.5 Å². The Kier molecular flexibility index (Phi) is 6.38. The minimum Gasteiger partial charge on any atom is -0.388 e. The van der Waals surface area contributed by atoms with E-state index in [1.54, 1.807) is 0 Å². The van der Waals surface area contributed by atoms with Crippen LogP contribution in [0.5, 0.6) is 0 Å². The van der Waals surface area contributed by atoms with E-state index in [2.05, 4.69) is 23.1 Å². The Bertz CT molecular complexity index is 787. The number of aliphatic hydroxyl groups excluding tert-OH is 1. The predicted molar refractivity (Wildman–Crippen MR) is 120 cm³/mol. The standard InChI is InChI=1S/C24H32N2O3.BrH/c27-21-13-24(9-3-4-10-24)14-22(28)26(21)12-6-5-11-25-15-19-17-7-1-2-8-18(17)23(29)20(19)16-25;/h1-2,7-8,19-20,23,29H,3-6,9-16H2;1H. The summed E-state index contributed by atoms with van der Waals surface area (Å²) in [5, 5.41) is 10.6. The van der Waals surface area contributed by atoms with Crippen LogP contribution in [0, 0.1) is 11.3 Å². The van der Waals surface area contributed by atoms with Gasteiger partial charge in [0.15, 0.2) is 0 Å². The van der Waals surface area contributed by atoms with Crippen LogP contribution in [0.25, 0.3) is 0 Å². The van der Waals surface area contributed by atoms with Gasteiger partial charge in [0.1, 0.15) is 0 Å². The van der Waals surface area contributed by atoms with Gasteiger partial charge in [-0.15, -0.1) is 17.0 Å². The van der Waals surface area contributed by atoms with E-state index >= 15 is 0 Å². The number of carbonyl (C=O) groups is 2. The molecule has 1 aromatic rings. The zero-order chi connectivity index (χ0) is 20.0. The highest BCUT2D eigenvalue weighted by Crippen LogP contribution is 2.49. The Morgan fingerprint density at radius 1 is 0.933 bits per heavy atom. The highest BCUT2D eigenvalue weighted by atomic mass is 79.9. The third-order valence-electron chi connectivity index (χ3n) is 7.99. The summed E-state index contributed by atoms with van der Waals surface area (Å²) in [6.07, 6.45) is 7.09. The van der Waals surface area contributed by atoms with Gasteiger partial charge in [-0.05, 0) is 48.8 Å². The van der Waals surface area contributed by atoms with E-state index in [9.17, 15) is 14.7 Å². The van der Waals surface area contributed by atoms with Crippen LogP contribution in [0.15, 0.2) is 24.3 Å². The summed E-state index contributed by atoms with van der Waals surface area (Å²) in [5.74, 6) is 0.853. The third-order valence-corrected chi connectivity index (χ3v) is 7.99. The second kappa shape index (κ2) is 8.71. The van der Waals surface area contributed by atoms with Crippen LogP contribution < -0.4 is 0 Å². The van der Waals surface area contributed by atoms with E-state index in [0.29, 0.717) is 31.2 Å². The molecule has 0 aromatic heterocycles. The molecule has 5 rings (SSSR count). The molecule has 3 atom stereocenters. The minimum absolute atomic E-state index is 0. The number of halogens is 1. The monoisotopic (exact) mass is 476 g/mol. The zero-order valence-corrected chi connectivity index (χ0v) is 19.3. The fraction of sp³-hybridized carbons (Fsp3) is 0.667. The molecule has 4 aliphatic rings. The smallest absolute Gasteiger partial charge is 0.229 e. The second-order valence-electron chi connectivity index (χ2n) is 9.81. The molecule has 2 aliphatic heterocycles. The van der Waals surface area contributed by atoms with Gasteiger partial charge in [-0.25, -0.2) is 0 Å². The Labute approximate surface area is 189 Å². The van der Waals surface area contributed by atoms with Gasteiger partial charge in [-0.1, -0.05) is 37.1 Å². The van der Waals surface area contributed by atoms with Gasteiger partial charge in [-0.2, -0.15) is 0 Å². The van der Waals surface area contributed by atoms with Gasteiger partial charge in [0.2, 0.25) is 11.8 Å². The third kappa shape index (κ3) is 3.87. The molecule has 2 amide bonds. The number of piperidine rings is 1. The number of unbranched alkanes of at least 4 members (excludes halogenated alkanes) is 1. The first-order chi connectivity index (χ1) is 14.1. The van der Waals surface area contributed by atoms with Crippen LogP contribution in [0.4, 0.5) is 0 Å². The first-order valence-corrected chi connectivity index (χ1v) is 11.4. The Hall–Kier alpha value is -1.24. The molecule has 164 valence electrons. The fourth-order valence-corrected chi connectivity index (χ4v) is 6.46. The lowest BCUT2D eigenvalue weighted by Gasteiger charge is -2.37. The number of amides is 2. The molecule has 2 saturated heterocycles.